The molecule has 162 valence electrons. The predicted octanol–water partition coefficient (Wildman–Crippen LogP) is 3.49. The second kappa shape index (κ2) is 10.0. The zero-order valence-electron chi connectivity index (χ0n) is 16.0. The van der Waals surface area contributed by atoms with Gasteiger partial charge in [-0.3, -0.25) is 9.59 Å². The van der Waals surface area contributed by atoms with Crippen LogP contribution < -0.4 is 10.6 Å². The number of hydrogen-bond donors (Lipinski definition) is 2. The van der Waals surface area contributed by atoms with E-state index in [0.29, 0.717) is 9.90 Å². The monoisotopic (exact) mass is 480 g/mol. The van der Waals surface area contributed by atoms with Crippen LogP contribution in [0.5, 0.6) is 0 Å². The molecule has 1 heterocycles. The first-order valence-corrected chi connectivity index (χ1v) is 11.9. The molecule has 3 aromatic rings. The van der Waals surface area contributed by atoms with Gasteiger partial charge in [-0.1, -0.05) is 29.8 Å². The second-order valence-electron chi connectivity index (χ2n) is 6.52. The average molecular weight is 481 g/mol. The molecule has 0 aliphatic rings. The van der Waals surface area contributed by atoms with Crippen LogP contribution in [0.2, 0.25) is 5.02 Å². The van der Waals surface area contributed by atoms with Crippen molar-refractivity contribution < 1.29 is 22.4 Å². The van der Waals surface area contributed by atoms with E-state index in [9.17, 15) is 22.4 Å². The summed E-state index contributed by atoms with van der Waals surface area (Å²) in [6.45, 7) is -0.195. The molecular formula is C21H18ClFN2O4S2. The third-order valence-electron chi connectivity index (χ3n) is 4.40. The number of carbonyl (C=O) groups excluding carboxylic acids is 2. The Bertz CT molecular complexity index is 1150. The molecule has 0 fully saturated rings. The van der Waals surface area contributed by atoms with E-state index >= 15 is 0 Å². The first kappa shape index (κ1) is 22.9. The van der Waals surface area contributed by atoms with Gasteiger partial charge in [0.2, 0.25) is 0 Å². The van der Waals surface area contributed by atoms with E-state index in [4.69, 9.17) is 11.6 Å². The van der Waals surface area contributed by atoms with Crippen LogP contribution in [0.4, 0.5) is 4.39 Å². The maximum atomic E-state index is 13.2. The standard InChI is InChI=1S/C21H18ClFN2O4S2/c22-15-5-3-14(4-6-15)12-24-20(26)21(27)25-13-19(18-2-1-11-30-18)31(28,29)17-9-7-16(23)8-10-17/h1-11,19H,12-13H2,(H,24,26)(H,25,27)/t19-/m1/s1. The third kappa shape index (κ3) is 5.90. The number of carbonyl (C=O) groups is 2. The topological polar surface area (TPSA) is 92.3 Å². The van der Waals surface area contributed by atoms with Gasteiger partial charge in [-0.15, -0.1) is 11.3 Å². The first-order chi connectivity index (χ1) is 14.8. The van der Waals surface area contributed by atoms with Crippen LogP contribution in [0.25, 0.3) is 0 Å². The Morgan fingerprint density at radius 1 is 0.968 bits per heavy atom. The molecule has 2 amide bonds. The van der Waals surface area contributed by atoms with Crippen LogP contribution in [0, 0.1) is 5.82 Å². The number of nitrogens with one attached hydrogen (secondary N) is 2. The van der Waals surface area contributed by atoms with Gasteiger partial charge < -0.3 is 10.6 Å². The maximum absolute atomic E-state index is 13.2. The summed E-state index contributed by atoms with van der Waals surface area (Å²) in [5.74, 6) is -2.40. The van der Waals surface area contributed by atoms with Crippen LogP contribution in [0.3, 0.4) is 0 Å². The van der Waals surface area contributed by atoms with Crippen LogP contribution in [-0.4, -0.2) is 26.8 Å². The van der Waals surface area contributed by atoms with Crippen molar-refractivity contribution in [3.63, 3.8) is 0 Å². The van der Waals surface area contributed by atoms with Gasteiger partial charge in [0.25, 0.3) is 0 Å². The molecule has 31 heavy (non-hydrogen) atoms. The summed E-state index contributed by atoms with van der Waals surface area (Å²) in [5, 5.41) is 6.00. The van der Waals surface area contributed by atoms with Crippen LogP contribution >= 0.6 is 22.9 Å². The molecule has 0 saturated heterocycles. The van der Waals surface area contributed by atoms with Gasteiger partial charge >= 0.3 is 11.8 Å². The minimum absolute atomic E-state index is 0.0752. The van der Waals surface area contributed by atoms with Gasteiger partial charge in [0.15, 0.2) is 9.84 Å². The summed E-state index contributed by atoms with van der Waals surface area (Å²) in [4.78, 5) is 24.7. The molecule has 2 N–H and O–H groups in total. The lowest BCUT2D eigenvalue weighted by molar-refractivity contribution is -0.139. The fraction of sp³-hybridized carbons (Fsp3) is 0.143. The number of amides is 2. The molecule has 1 aromatic heterocycles. The van der Waals surface area contributed by atoms with Crippen molar-refractivity contribution in [3.05, 3.63) is 87.3 Å². The zero-order chi connectivity index (χ0) is 22.4. The first-order valence-electron chi connectivity index (χ1n) is 9.10. The molecule has 0 bridgehead atoms. The quantitative estimate of drug-likeness (QED) is 0.400. The summed E-state index contributed by atoms with van der Waals surface area (Å²) in [7, 11) is -3.94. The molecule has 10 heteroatoms. The summed E-state index contributed by atoms with van der Waals surface area (Å²) in [6.07, 6.45) is 0. The Morgan fingerprint density at radius 2 is 1.61 bits per heavy atom. The number of rotatable bonds is 7. The van der Waals surface area contributed by atoms with Gasteiger partial charge in [0.05, 0.1) is 4.90 Å². The Labute approximate surface area is 188 Å². The van der Waals surface area contributed by atoms with Gasteiger partial charge in [0.1, 0.15) is 11.1 Å². The van der Waals surface area contributed by atoms with Crippen LogP contribution in [0.1, 0.15) is 15.7 Å². The minimum Gasteiger partial charge on any atom is -0.346 e. The second-order valence-corrected chi connectivity index (χ2v) is 10.1. The SMILES string of the molecule is O=C(NCc1ccc(Cl)cc1)C(=O)NC[C@H](c1cccs1)S(=O)(=O)c1ccc(F)cc1. The van der Waals surface area contributed by atoms with Crippen molar-refractivity contribution in [1.82, 2.24) is 10.6 Å². The highest BCUT2D eigenvalue weighted by atomic mass is 35.5. The number of halogens is 2. The molecule has 0 unspecified atom stereocenters. The molecule has 0 aliphatic carbocycles. The summed E-state index contributed by atoms with van der Waals surface area (Å²) in [6, 6.07) is 14.5. The van der Waals surface area contributed by atoms with Crippen molar-refractivity contribution in [1.29, 1.82) is 0 Å². The molecule has 0 saturated carbocycles. The van der Waals surface area contributed by atoms with Crippen LogP contribution in [0.15, 0.2) is 70.9 Å². The smallest absolute Gasteiger partial charge is 0.309 e. The van der Waals surface area contributed by atoms with Crippen molar-refractivity contribution in [2.75, 3.05) is 6.54 Å². The summed E-state index contributed by atoms with van der Waals surface area (Å²) < 4.78 is 39.4. The normalized spacial score (nSPS) is 12.2. The minimum atomic E-state index is -3.94. The molecule has 0 spiro atoms. The van der Waals surface area contributed by atoms with Crippen LogP contribution in [-0.2, 0) is 26.0 Å². The summed E-state index contributed by atoms with van der Waals surface area (Å²) in [5.41, 5.74) is 0.751. The molecular weight excluding hydrogens is 463 g/mol. The largest absolute Gasteiger partial charge is 0.346 e. The Kier molecular flexibility index (Phi) is 7.42. The lowest BCUT2D eigenvalue weighted by atomic mass is 10.2. The predicted molar refractivity (Wildman–Crippen MR) is 117 cm³/mol. The van der Waals surface area contributed by atoms with E-state index in [2.05, 4.69) is 10.6 Å². The molecule has 6 nitrogen and oxygen atoms in total. The Balaban J connectivity index is 1.68. The Morgan fingerprint density at radius 3 is 2.23 bits per heavy atom. The van der Waals surface area contributed by atoms with E-state index in [0.717, 1.165) is 17.7 Å². The van der Waals surface area contributed by atoms with Gasteiger partial charge in [0, 0.05) is 23.0 Å². The molecule has 1 atom stereocenters. The van der Waals surface area contributed by atoms with Gasteiger partial charge in [-0.25, -0.2) is 12.8 Å². The molecule has 2 aromatic carbocycles. The molecule has 0 aliphatic heterocycles. The Hall–Kier alpha value is -2.75. The highest BCUT2D eigenvalue weighted by molar-refractivity contribution is 7.91. The van der Waals surface area contributed by atoms with Crippen molar-refractivity contribution in [3.8, 4) is 0 Å². The number of benzene rings is 2. The maximum Gasteiger partial charge on any atom is 0.309 e. The lowest BCUT2D eigenvalue weighted by Crippen LogP contribution is -2.42. The zero-order valence-corrected chi connectivity index (χ0v) is 18.4. The molecule has 0 radical (unpaired) electrons. The number of sulfone groups is 1. The fourth-order valence-electron chi connectivity index (χ4n) is 2.76. The fourth-order valence-corrected chi connectivity index (χ4v) is 5.67. The highest BCUT2D eigenvalue weighted by Gasteiger charge is 2.31. The summed E-state index contributed by atoms with van der Waals surface area (Å²) >= 11 is 7.02. The highest BCUT2D eigenvalue weighted by Crippen LogP contribution is 2.31. The molecule has 3 rings (SSSR count). The lowest BCUT2D eigenvalue weighted by Gasteiger charge is -2.17. The number of hydrogen-bond acceptors (Lipinski definition) is 5. The van der Waals surface area contributed by atoms with E-state index in [1.807, 2.05) is 0 Å². The van der Waals surface area contributed by atoms with Gasteiger partial charge in [-0.2, -0.15) is 0 Å². The average Bonchev–Trinajstić information content (AvgIpc) is 3.27. The number of thiophene rings is 1. The third-order valence-corrected chi connectivity index (χ3v) is 7.88. The van der Waals surface area contributed by atoms with E-state index in [1.165, 1.54) is 23.5 Å². The van der Waals surface area contributed by atoms with E-state index < -0.39 is 32.7 Å². The van der Waals surface area contributed by atoms with Crippen molar-refractivity contribution in [2.45, 2.75) is 16.7 Å². The van der Waals surface area contributed by atoms with E-state index in [-0.39, 0.29) is 18.0 Å². The van der Waals surface area contributed by atoms with Crippen molar-refractivity contribution in [2.24, 2.45) is 0 Å². The van der Waals surface area contributed by atoms with Crippen molar-refractivity contribution >= 4 is 44.6 Å². The van der Waals surface area contributed by atoms with Gasteiger partial charge in [-0.05, 0) is 53.4 Å². The van der Waals surface area contributed by atoms with E-state index in [1.54, 1.807) is 41.8 Å².